The van der Waals surface area contributed by atoms with Crippen molar-refractivity contribution in [1.82, 2.24) is 5.32 Å². The highest BCUT2D eigenvalue weighted by molar-refractivity contribution is 4.74. The molecule has 0 spiro atoms. The van der Waals surface area contributed by atoms with Gasteiger partial charge in [0.15, 0.2) is 0 Å². The van der Waals surface area contributed by atoms with Crippen molar-refractivity contribution in [3.8, 4) is 0 Å². The molecule has 1 fully saturated rings. The molecular weight excluding hydrogens is 200 g/mol. The van der Waals surface area contributed by atoms with Crippen LogP contribution in [0, 0.1) is 5.92 Å². The average molecular weight is 221 g/mol. The molecule has 1 aliphatic rings. The first-order valence-electron chi connectivity index (χ1n) is 5.77. The van der Waals surface area contributed by atoms with Crippen molar-refractivity contribution < 1.29 is 13.5 Å². The van der Waals surface area contributed by atoms with E-state index in [0.717, 1.165) is 5.92 Å². The third kappa shape index (κ3) is 6.05. The van der Waals surface area contributed by atoms with E-state index in [-0.39, 0.29) is 0 Å². The summed E-state index contributed by atoms with van der Waals surface area (Å²) in [7, 11) is 0. The van der Waals surface area contributed by atoms with Crippen LogP contribution in [-0.2, 0) is 4.74 Å². The van der Waals surface area contributed by atoms with Crippen molar-refractivity contribution in [3.63, 3.8) is 0 Å². The molecule has 1 aliphatic carbocycles. The summed E-state index contributed by atoms with van der Waals surface area (Å²) in [6, 6.07) is 0.477. The molecule has 1 N–H and O–H groups in total. The van der Waals surface area contributed by atoms with Crippen LogP contribution < -0.4 is 5.32 Å². The summed E-state index contributed by atoms with van der Waals surface area (Å²) in [5.41, 5.74) is 0. The number of hydrogen-bond acceptors (Lipinski definition) is 2. The first kappa shape index (κ1) is 12.8. The Hall–Kier alpha value is -0.220. The van der Waals surface area contributed by atoms with Gasteiger partial charge in [0.2, 0.25) is 0 Å². The van der Waals surface area contributed by atoms with Gasteiger partial charge in [0.1, 0.15) is 6.61 Å². The van der Waals surface area contributed by atoms with E-state index in [0.29, 0.717) is 19.2 Å². The minimum absolute atomic E-state index is 0.374. The second-order valence-electron chi connectivity index (χ2n) is 4.35. The van der Waals surface area contributed by atoms with Crippen molar-refractivity contribution in [3.05, 3.63) is 0 Å². The average Bonchev–Trinajstić information content (AvgIpc) is 2.10. The van der Waals surface area contributed by atoms with Gasteiger partial charge in [-0.15, -0.1) is 0 Å². The molecule has 0 heterocycles. The zero-order valence-electron chi connectivity index (χ0n) is 9.35. The van der Waals surface area contributed by atoms with Gasteiger partial charge >= 0.3 is 0 Å². The van der Waals surface area contributed by atoms with Crippen molar-refractivity contribution in [1.29, 1.82) is 0 Å². The molecule has 1 rings (SSSR count). The van der Waals surface area contributed by atoms with Crippen LogP contribution >= 0.6 is 0 Å². The van der Waals surface area contributed by atoms with E-state index in [4.69, 9.17) is 4.74 Å². The standard InChI is InChI=1S/C11H21F2NO/c1-9(7-10-3-2-4-10)14-5-6-15-8-11(12)13/h9-11,14H,2-8H2,1H3. The van der Waals surface area contributed by atoms with Crippen LogP contribution in [0.1, 0.15) is 32.6 Å². The Morgan fingerprint density at radius 1 is 1.40 bits per heavy atom. The maximum absolute atomic E-state index is 11.7. The van der Waals surface area contributed by atoms with Gasteiger partial charge in [-0.2, -0.15) is 0 Å². The van der Waals surface area contributed by atoms with Crippen molar-refractivity contribution >= 4 is 0 Å². The van der Waals surface area contributed by atoms with Crippen molar-refractivity contribution in [2.24, 2.45) is 5.92 Å². The fourth-order valence-corrected chi connectivity index (χ4v) is 1.86. The molecule has 1 saturated carbocycles. The highest BCUT2D eigenvalue weighted by Gasteiger charge is 2.19. The van der Waals surface area contributed by atoms with Gasteiger partial charge in [0.25, 0.3) is 6.43 Å². The number of rotatable bonds is 8. The minimum atomic E-state index is -2.35. The van der Waals surface area contributed by atoms with Crippen molar-refractivity contribution in [2.75, 3.05) is 19.8 Å². The largest absolute Gasteiger partial charge is 0.374 e. The second-order valence-corrected chi connectivity index (χ2v) is 4.35. The van der Waals surface area contributed by atoms with Gasteiger partial charge < -0.3 is 10.1 Å². The fraction of sp³-hybridized carbons (Fsp3) is 1.00. The Morgan fingerprint density at radius 3 is 2.67 bits per heavy atom. The third-order valence-electron chi connectivity index (χ3n) is 2.89. The molecule has 0 aromatic heterocycles. The zero-order valence-corrected chi connectivity index (χ0v) is 9.35. The number of hydrogen-bond donors (Lipinski definition) is 1. The second kappa shape index (κ2) is 7.12. The lowest BCUT2D eigenvalue weighted by molar-refractivity contribution is 0.0181. The van der Waals surface area contributed by atoms with Crippen LogP contribution in [0.3, 0.4) is 0 Å². The van der Waals surface area contributed by atoms with Crippen LogP contribution in [0.2, 0.25) is 0 Å². The van der Waals surface area contributed by atoms with Crippen molar-refractivity contribution in [2.45, 2.75) is 45.1 Å². The van der Waals surface area contributed by atoms with E-state index in [1.54, 1.807) is 0 Å². The Morgan fingerprint density at radius 2 is 2.13 bits per heavy atom. The van der Waals surface area contributed by atoms with Gasteiger partial charge in [0.05, 0.1) is 6.61 Å². The molecule has 2 nitrogen and oxygen atoms in total. The predicted molar refractivity (Wildman–Crippen MR) is 56.2 cm³/mol. The summed E-state index contributed by atoms with van der Waals surface area (Å²) in [6.45, 7) is 2.74. The smallest absolute Gasteiger partial charge is 0.261 e. The predicted octanol–water partition coefficient (Wildman–Crippen LogP) is 2.44. The number of ether oxygens (including phenoxy) is 1. The van der Waals surface area contributed by atoms with E-state index >= 15 is 0 Å². The van der Waals surface area contributed by atoms with E-state index in [1.807, 2.05) is 0 Å². The highest BCUT2D eigenvalue weighted by Crippen LogP contribution is 2.30. The molecule has 0 amide bonds. The molecule has 0 saturated heterocycles. The normalized spacial score (nSPS) is 19.2. The minimum Gasteiger partial charge on any atom is -0.374 e. The fourth-order valence-electron chi connectivity index (χ4n) is 1.86. The van der Waals surface area contributed by atoms with Crippen LogP contribution in [-0.4, -0.2) is 32.2 Å². The van der Waals surface area contributed by atoms with Gasteiger partial charge in [0, 0.05) is 12.6 Å². The van der Waals surface area contributed by atoms with E-state index in [1.165, 1.54) is 25.7 Å². The van der Waals surface area contributed by atoms with Gasteiger partial charge in [-0.3, -0.25) is 0 Å². The summed E-state index contributed by atoms with van der Waals surface area (Å²) in [6.07, 6.45) is 2.93. The van der Waals surface area contributed by atoms with Crippen LogP contribution in [0.15, 0.2) is 0 Å². The Labute approximate surface area is 90.4 Å². The lowest BCUT2D eigenvalue weighted by atomic mass is 9.81. The molecule has 90 valence electrons. The van der Waals surface area contributed by atoms with E-state index in [9.17, 15) is 8.78 Å². The summed E-state index contributed by atoms with van der Waals surface area (Å²) < 4.78 is 28.2. The van der Waals surface area contributed by atoms with Crippen LogP contribution in [0.5, 0.6) is 0 Å². The lowest BCUT2D eigenvalue weighted by Crippen LogP contribution is -2.32. The molecule has 0 radical (unpaired) electrons. The maximum Gasteiger partial charge on any atom is 0.261 e. The first-order valence-corrected chi connectivity index (χ1v) is 5.77. The molecule has 0 aromatic carbocycles. The lowest BCUT2D eigenvalue weighted by Gasteiger charge is -2.28. The highest BCUT2D eigenvalue weighted by atomic mass is 19.3. The van der Waals surface area contributed by atoms with E-state index < -0.39 is 13.0 Å². The first-order chi connectivity index (χ1) is 7.18. The summed E-state index contributed by atoms with van der Waals surface area (Å²) >= 11 is 0. The van der Waals surface area contributed by atoms with E-state index in [2.05, 4.69) is 12.2 Å². The Balaban J connectivity index is 1.85. The van der Waals surface area contributed by atoms with Gasteiger partial charge in [-0.1, -0.05) is 19.3 Å². The molecular formula is C11H21F2NO. The SMILES string of the molecule is CC(CC1CCC1)NCCOCC(F)F. The van der Waals surface area contributed by atoms with Gasteiger partial charge in [-0.05, 0) is 19.3 Å². The molecule has 0 aliphatic heterocycles. The third-order valence-corrected chi connectivity index (χ3v) is 2.89. The quantitative estimate of drug-likeness (QED) is 0.636. The Kier molecular flexibility index (Phi) is 6.10. The van der Waals surface area contributed by atoms with Crippen LogP contribution in [0.4, 0.5) is 8.78 Å². The monoisotopic (exact) mass is 221 g/mol. The molecule has 0 bridgehead atoms. The topological polar surface area (TPSA) is 21.3 Å². The number of alkyl halides is 2. The van der Waals surface area contributed by atoms with Crippen LogP contribution in [0.25, 0.3) is 0 Å². The molecule has 15 heavy (non-hydrogen) atoms. The Bertz CT molecular complexity index is 163. The molecule has 4 heteroatoms. The molecule has 0 aromatic rings. The molecule has 1 atom stereocenters. The molecule has 1 unspecified atom stereocenters. The number of nitrogens with one attached hydrogen (secondary N) is 1. The zero-order chi connectivity index (χ0) is 11.1. The summed E-state index contributed by atoms with van der Waals surface area (Å²) in [5.74, 6) is 0.884. The number of halogens is 2. The summed E-state index contributed by atoms with van der Waals surface area (Å²) in [5, 5.41) is 3.29. The summed E-state index contributed by atoms with van der Waals surface area (Å²) in [4.78, 5) is 0. The maximum atomic E-state index is 11.7. The van der Waals surface area contributed by atoms with Gasteiger partial charge in [-0.25, -0.2) is 8.78 Å².